The summed E-state index contributed by atoms with van der Waals surface area (Å²) < 4.78 is 0. The first-order valence-corrected chi connectivity index (χ1v) is 9.42. The predicted molar refractivity (Wildman–Crippen MR) is 90.4 cm³/mol. The number of anilines is 1. The molecule has 2 aromatic heterocycles. The maximum absolute atomic E-state index is 11.9. The zero-order valence-corrected chi connectivity index (χ0v) is 14.2. The lowest BCUT2D eigenvalue weighted by Gasteiger charge is -2.04. The van der Waals surface area contributed by atoms with E-state index in [2.05, 4.69) is 26.6 Å². The molecule has 0 saturated heterocycles. The van der Waals surface area contributed by atoms with Gasteiger partial charge in [0.05, 0.1) is 11.3 Å². The summed E-state index contributed by atoms with van der Waals surface area (Å²) in [6, 6.07) is 3.74. The van der Waals surface area contributed by atoms with Gasteiger partial charge in [0.2, 0.25) is 11.1 Å². The maximum Gasteiger partial charge on any atom is 0.235 e. The molecular weight excluding hydrogens is 330 g/mol. The van der Waals surface area contributed by atoms with Crippen LogP contribution in [-0.4, -0.2) is 26.8 Å². The third-order valence-corrected chi connectivity index (χ3v) is 5.52. The molecule has 0 unspecified atom stereocenters. The fourth-order valence-corrected chi connectivity index (χ4v) is 4.08. The van der Waals surface area contributed by atoms with Gasteiger partial charge in [-0.3, -0.25) is 9.89 Å². The number of thioether (sulfide) groups is 1. The van der Waals surface area contributed by atoms with Gasteiger partial charge in [-0.15, -0.1) is 16.4 Å². The van der Waals surface area contributed by atoms with E-state index in [4.69, 9.17) is 5.26 Å². The molecule has 1 aliphatic rings. The first-order chi connectivity index (χ1) is 11.2. The number of nitrogens with zero attached hydrogens (tertiary/aromatic N) is 3. The number of nitriles is 1. The van der Waals surface area contributed by atoms with Crippen LogP contribution in [0.1, 0.15) is 37.1 Å². The van der Waals surface area contributed by atoms with Crippen LogP contribution in [0.3, 0.4) is 0 Å². The van der Waals surface area contributed by atoms with Crippen LogP contribution in [0.2, 0.25) is 0 Å². The van der Waals surface area contributed by atoms with Gasteiger partial charge in [0.1, 0.15) is 16.9 Å². The number of hydrogen-bond acceptors (Lipinski definition) is 6. The summed E-state index contributed by atoms with van der Waals surface area (Å²) in [5.41, 5.74) is 0.491. The van der Waals surface area contributed by atoms with E-state index in [1.54, 1.807) is 11.4 Å². The molecule has 0 radical (unpaired) electrons. The number of amides is 1. The summed E-state index contributed by atoms with van der Waals surface area (Å²) in [4.78, 5) is 16.4. The van der Waals surface area contributed by atoms with E-state index in [-0.39, 0.29) is 11.7 Å². The van der Waals surface area contributed by atoms with Gasteiger partial charge in [-0.25, -0.2) is 4.98 Å². The van der Waals surface area contributed by atoms with Crippen LogP contribution in [-0.2, 0) is 11.2 Å². The van der Waals surface area contributed by atoms with Crippen LogP contribution < -0.4 is 5.32 Å². The number of carbonyl (C=O) groups excluding carboxylic acids is 1. The fraction of sp³-hybridized carbons (Fsp3) is 0.467. The van der Waals surface area contributed by atoms with Gasteiger partial charge in [-0.2, -0.15) is 5.26 Å². The number of aromatic amines is 1. The van der Waals surface area contributed by atoms with Crippen molar-refractivity contribution >= 4 is 34.0 Å². The van der Waals surface area contributed by atoms with Crippen LogP contribution in [0.25, 0.3) is 0 Å². The molecule has 6 nitrogen and oxygen atoms in total. The first kappa shape index (κ1) is 16.0. The van der Waals surface area contributed by atoms with Gasteiger partial charge in [0.15, 0.2) is 0 Å². The Morgan fingerprint density at radius 3 is 3.13 bits per heavy atom. The van der Waals surface area contributed by atoms with Crippen LogP contribution in [0.5, 0.6) is 0 Å². The van der Waals surface area contributed by atoms with Crippen molar-refractivity contribution in [1.29, 1.82) is 5.26 Å². The molecule has 0 aromatic carbocycles. The molecule has 0 aliphatic heterocycles. The average Bonchev–Trinajstić information content (AvgIpc) is 3.27. The van der Waals surface area contributed by atoms with Crippen molar-refractivity contribution in [3.05, 3.63) is 22.8 Å². The Bertz CT molecular complexity index is 712. The number of hydrogen-bond donors (Lipinski definition) is 2. The van der Waals surface area contributed by atoms with Crippen molar-refractivity contribution in [3.8, 4) is 6.07 Å². The normalized spacial score (nSPS) is 14.7. The van der Waals surface area contributed by atoms with Gasteiger partial charge in [-0.05, 0) is 17.4 Å². The summed E-state index contributed by atoms with van der Waals surface area (Å²) in [7, 11) is 0. The second-order valence-electron chi connectivity index (χ2n) is 5.53. The molecule has 1 amide bonds. The highest BCUT2D eigenvalue weighted by Crippen LogP contribution is 2.27. The standard InChI is InChI=1S/C15H17N5OS2/c16-8-11-5-6-22-14(11)18-13(21)9-23-15-17-12(19-20-15)7-10-3-1-2-4-10/h5-6,10H,1-4,7,9H2,(H,18,21)(H,17,19,20). The van der Waals surface area contributed by atoms with Crippen LogP contribution in [0, 0.1) is 17.2 Å². The van der Waals surface area contributed by atoms with Crippen LogP contribution >= 0.6 is 23.1 Å². The fourth-order valence-electron chi connectivity index (χ4n) is 2.71. The second-order valence-corrected chi connectivity index (χ2v) is 7.39. The first-order valence-electron chi connectivity index (χ1n) is 7.56. The molecule has 120 valence electrons. The minimum absolute atomic E-state index is 0.156. The lowest BCUT2D eigenvalue weighted by molar-refractivity contribution is -0.113. The SMILES string of the molecule is N#Cc1ccsc1NC(=O)CSc1n[nH]c(CC2CCCC2)n1. The predicted octanol–water partition coefficient (Wildman–Crippen LogP) is 3.20. The highest BCUT2D eigenvalue weighted by molar-refractivity contribution is 7.99. The minimum atomic E-state index is -0.156. The molecule has 1 fully saturated rings. The average molecular weight is 347 g/mol. The largest absolute Gasteiger partial charge is 0.316 e. The van der Waals surface area contributed by atoms with Crippen molar-refractivity contribution in [2.24, 2.45) is 5.92 Å². The van der Waals surface area contributed by atoms with E-state index in [0.717, 1.165) is 12.2 Å². The third-order valence-electron chi connectivity index (χ3n) is 3.84. The summed E-state index contributed by atoms with van der Waals surface area (Å²) in [6.45, 7) is 0. The highest BCUT2D eigenvalue weighted by Gasteiger charge is 2.17. The molecule has 3 rings (SSSR count). The maximum atomic E-state index is 11.9. The Labute approximate surface area is 142 Å². The zero-order chi connectivity index (χ0) is 16.1. The van der Waals surface area contributed by atoms with Crippen molar-refractivity contribution in [2.45, 2.75) is 37.3 Å². The number of aromatic nitrogens is 3. The summed E-state index contributed by atoms with van der Waals surface area (Å²) in [6.07, 6.45) is 6.11. The second kappa shape index (κ2) is 7.62. The smallest absolute Gasteiger partial charge is 0.235 e. The van der Waals surface area contributed by atoms with Crippen LogP contribution in [0.4, 0.5) is 5.00 Å². The van der Waals surface area contributed by atoms with Gasteiger partial charge in [0, 0.05) is 6.42 Å². The lowest BCUT2D eigenvalue weighted by Crippen LogP contribution is -2.13. The molecule has 2 aromatic rings. The minimum Gasteiger partial charge on any atom is -0.316 e. The highest BCUT2D eigenvalue weighted by atomic mass is 32.2. The summed E-state index contributed by atoms with van der Waals surface area (Å²) >= 11 is 2.64. The monoisotopic (exact) mass is 347 g/mol. The van der Waals surface area contributed by atoms with Crippen LogP contribution in [0.15, 0.2) is 16.6 Å². The third kappa shape index (κ3) is 4.33. The Morgan fingerprint density at radius 1 is 1.52 bits per heavy atom. The topological polar surface area (TPSA) is 94.5 Å². The van der Waals surface area contributed by atoms with Crippen molar-refractivity contribution < 1.29 is 4.79 Å². The van der Waals surface area contributed by atoms with Crippen molar-refractivity contribution in [1.82, 2.24) is 15.2 Å². The molecule has 1 saturated carbocycles. The number of thiophene rings is 1. The quantitative estimate of drug-likeness (QED) is 0.783. The Morgan fingerprint density at radius 2 is 2.35 bits per heavy atom. The molecule has 0 spiro atoms. The summed E-state index contributed by atoms with van der Waals surface area (Å²) in [5, 5.41) is 21.8. The Kier molecular flexibility index (Phi) is 5.31. The molecule has 0 atom stereocenters. The number of H-pyrrole nitrogens is 1. The van der Waals surface area contributed by atoms with Gasteiger partial charge in [0.25, 0.3) is 0 Å². The van der Waals surface area contributed by atoms with Gasteiger partial charge >= 0.3 is 0 Å². The van der Waals surface area contributed by atoms with Crippen molar-refractivity contribution in [3.63, 3.8) is 0 Å². The molecule has 23 heavy (non-hydrogen) atoms. The zero-order valence-electron chi connectivity index (χ0n) is 12.5. The van der Waals surface area contributed by atoms with E-state index in [9.17, 15) is 4.79 Å². The molecule has 8 heteroatoms. The van der Waals surface area contributed by atoms with Crippen molar-refractivity contribution in [2.75, 3.05) is 11.1 Å². The molecule has 1 aliphatic carbocycles. The van der Waals surface area contributed by atoms with E-state index >= 15 is 0 Å². The lowest BCUT2D eigenvalue weighted by atomic mass is 10.0. The summed E-state index contributed by atoms with van der Waals surface area (Å²) in [5.74, 6) is 1.69. The number of carbonyl (C=O) groups is 1. The molecule has 2 N–H and O–H groups in total. The van der Waals surface area contributed by atoms with E-state index in [1.165, 1.54) is 48.8 Å². The van der Waals surface area contributed by atoms with Gasteiger partial charge < -0.3 is 5.32 Å². The molecular formula is C15H17N5OS2. The van der Waals surface area contributed by atoms with E-state index in [1.807, 2.05) is 0 Å². The van der Waals surface area contributed by atoms with E-state index < -0.39 is 0 Å². The van der Waals surface area contributed by atoms with E-state index in [0.29, 0.717) is 21.6 Å². The Hall–Kier alpha value is -1.85. The molecule has 2 heterocycles. The number of rotatable bonds is 6. The molecule has 0 bridgehead atoms. The van der Waals surface area contributed by atoms with Gasteiger partial charge in [-0.1, -0.05) is 37.4 Å². The Balaban J connectivity index is 1.47. The number of nitrogens with one attached hydrogen (secondary N) is 2.